The van der Waals surface area contributed by atoms with Crippen molar-refractivity contribution in [2.45, 2.75) is 45.1 Å². The predicted octanol–water partition coefficient (Wildman–Crippen LogP) is 1.92. The smallest absolute Gasteiger partial charge is 0.407 e. The molecular weight excluding hydrogens is 256 g/mol. The Hall–Kier alpha value is -0.810. The molecule has 20 heavy (non-hydrogen) atoms. The van der Waals surface area contributed by atoms with Crippen LogP contribution in [0.25, 0.3) is 0 Å². The maximum Gasteiger partial charge on any atom is 0.407 e. The topological polar surface area (TPSA) is 59.6 Å². The van der Waals surface area contributed by atoms with Gasteiger partial charge in [-0.2, -0.15) is 0 Å². The summed E-state index contributed by atoms with van der Waals surface area (Å²) in [6.45, 7) is 8.42. The molecule has 0 bridgehead atoms. The van der Waals surface area contributed by atoms with E-state index in [4.69, 9.17) is 9.47 Å². The SMILES string of the molecule is CC(C)(CC1CCOCC1)OC(=O)NC[C@@H]1CCNC1. The molecule has 2 N–H and O–H groups in total. The average Bonchev–Trinajstić information content (AvgIpc) is 2.89. The van der Waals surface area contributed by atoms with Crippen LogP contribution in [0.1, 0.15) is 39.5 Å². The van der Waals surface area contributed by atoms with E-state index in [0.29, 0.717) is 18.4 Å². The van der Waals surface area contributed by atoms with E-state index in [1.165, 1.54) is 0 Å². The molecule has 2 rings (SSSR count). The highest BCUT2D eigenvalue weighted by Gasteiger charge is 2.28. The van der Waals surface area contributed by atoms with Crippen molar-refractivity contribution < 1.29 is 14.3 Å². The second-order valence-electron chi connectivity index (χ2n) is 6.65. The third kappa shape index (κ3) is 5.29. The molecule has 2 aliphatic heterocycles. The molecular formula is C15H28N2O3. The fourth-order valence-electron chi connectivity index (χ4n) is 3.09. The number of amides is 1. The number of nitrogens with one attached hydrogen (secondary N) is 2. The van der Waals surface area contributed by atoms with Crippen molar-refractivity contribution in [1.29, 1.82) is 0 Å². The zero-order valence-electron chi connectivity index (χ0n) is 12.7. The van der Waals surface area contributed by atoms with Crippen LogP contribution in [-0.2, 0) is 9.47 Å². The normalized spacial score (nSPS) is 24.6. The molecule has 0 aromatic carbocycles. The molecule has 5 heteroatoms. The lowest BCUT2D eigenvalue weighted by Crippen LogP contribution is -2.38. The molecule has 1 atom stereocenters. The first-order valence-electron chi connectivity index (χ1n) is 7.80. The second-order valence-corrected chi connectivity index (χ2v) is 6.65. The van der Waals surface area contributed by atoms with Gasteiger partial charge in [0, 0.05) is 19.8 Å². The van der Waals surface area contributed by atoms with E-state index in [1.54, 1.807) is 0 Å². The molecule has 1 amide bonds. The van der Waals surface area contributed by atoms with Crippen LogP contribution in [0.4, 0.5) is 4.79 Å². The molecule has 0 aliphatic carbocycles. The van der Waals surface area contributed by atoms with Crippen molar-refractivity contribution in [3.05, 3.63) is 0 Å². The fourth-order valence-corrected chi connectivity index (χ4v) is 3.09. The fraction of sp³-hybridized carbons (Fsp3) is 0.933. The summed E-state index contributed by atoms with van der Waals surface area (Å²) >= 11 is 0. The first-order valence-corrected chi connectivity index (χ1v) is 7.80. The molecule has 0 aromatic heterocycles. The summed E-state index contributed by atoms with van der Waals surface area (Å²) in [4.78, 5) is 11.9. The summed E-state index contributed by atoms with van der Waals surface area (Å²) in [6, 6.07) is 0. The van der Waals surface area contributed by atoms with E-state index in [9.17, 15) is 4.79 Å². The van der Waals surface area contributed by atoms with Crippen LogP contribution in [0.15, 0.2) is 0 Å². The molecule has 2 aliphatic rings. The third-order valence-electron chi connectivity index (χ3n) is 4.19. The Morgan fingerprint density at radius 1 is 1.30 bits per heavy atom. The van der Waals surface area contributed by atoms with Crippen molar-refractivity contribution in [2.75, 3.05) is 32.8 Å². The summed E-state index contributed by atoms with van der Waals surface area (Å²) in [5.74, 6) is 1.15. The highest BCUT2D eigenvalue weighted by molar-refractivity contribution is 5.67. The Labute approximate surface area is 121 Å². The predicted molar refractivity (Wildman–Crippen MR) is 77.7 cm³/mol. The van der Waals surface area contributed by atoms with Gasteiger partial charge < -0.3 is 20.1 Å². The van der Waals surface area contributed by atoms with Crippen molar-refractivity contribution >= 4 is 6.09 Å². The standard InChI is InChI=1S/C15H28N2O3/c1-15(2,9-12-4-7-19-8-5-12)20-14(18)17-11-13-3-6-16-10-13/h12-13,16H,3-11H2,1-2H3,(H,17,18)/t13-/m1/s1. The lowest BCUT2D eigenvalue weighted by molar-refractivity contribution is -0.00374. The van der Waals surface area contributed by atoms with Crippen LogP contribution in [-0.4, -0.2) is 44.5 Å². The van der Waals surface area contributed by atoms with Crippen LogP contribution in [0.2, 0.25) is 0 Å². The van der Waals surface area contributed by atoms with Gasteiger partial charge in [-0.1, -0.05) is 0 Å². The number of ether oxygens (including phenoxy) is 2. The van der Waals surface area contributed by atoms with Crippen LogP contribution in [0.3, 0.4) is 0 Å². The van der Waals surface area contributed by atoms with Gasteiger partial charge in [-0.15, -0.1) is 0 Å². The summed E-state index contributed by atoms with van der Waals surface area (Å²) in [7, 11) is 0. The van der Waals surface area contributed by atoms with Crippen molar-refractivity contribution in [2.24, 2.45) is 11.8 Å². The van der Waals surface area contributed by atoms with Gasteiger partial charge in [0.1, 0.15) is 5.60 Å². The van der Waals surface area contributed by atoms with E-state index in [-0.39, 0.29) is 6.09 Å². The number of carbonyl (C=O) groups is 1. The maximum atomic E-state index is 11.9. The van der Waals surface area contributed by atoms with Gasteiger partial charge in [0.05, 0.1) is 0 Å². The molecule has 5 nitrogen and oxygen atoms in total. The Morgan fingerprint density at radius 3 is 2.70 bits per heavy atom. The monoisotopic (exact) mass is 284 g/mol. The zero-order valence-corrected chi connectivity index (χ0v) is 12.7. The van der Waals surface area contributed by atoms with E-state index in [0.717, 1.165) is 52.0 Å². The number of alkyl carbamates (subject to hydrolysis) is 1. The Bertz CT molecular complexity index is 308. The summed E-state index contributed by atoms with van der Waals surface area (Å²) in [5, 5.41) is 6.19. The van der Waals surface area contributed by atoms with E-state index >= 15 is 0 Å². The van der Waals surface area contributed by atoms with Gasteiger partial charge in [-0.05, 0) is 64.5 Å². The minimum absolute atomic E-state index is 0.283. The summed E-state index contributed by atoms with van der Waals surface area (Å²) in [6.07, 6.45) is 3.90. The van der Waals surface area contributed by atoms with Gasteiger partial charge >= 0.3 is 6.09 Å². The highest BCUT2D eigenvalue weighted by Crippen LogP contribution is 2.27. The molecule has 0 aromatic rings. The quantitative estimate of drug-likeness (QED) is 0.810. The first-order chi connectivity index (χ1) is 9.55. The van der Waals surface area contributed by atoms with Crippen molar-refractivity contribution in [3.63, 3.8) is 0 Å². The minimum Gasteiger partial charge on any atom is -0.444 e. The zero-order chi connectivity index (χ0) is 14.4. The first kappa shape index (κ1) is 15.6. The van der Waals surface area contributed by atoms with Gasteiger partial charge in [0.15, 0.2) is 0 Å². The molecule has 2 saturated heterocycles. The number of hydrogen-bond donors (Lipinski definition) is 2. The van der Waals surface area contributed by atoms with Crippen LogP contribution in [0, 0.1) is 11.8 Å². The average molecular weight is 284 g/mol. The van der Waals surface area contributed by atoms with E-state index in [2.05, 4.69) is 10.6 Å². The molecule has 0 saturated carbocycles. The van der Waals surface area contributed by atoms with Gasteiger partial charge in [0.2, 0.25) is 0 Å². The molecule has 0 unspecified atom stereocenters. The lowest BCUT2D eigenvalue weighted by atomic mass is 9.88. The minimum atomic E-state index is -0.403. The third-order valence-corrected chi connectivity index (χ3v) is 4.19. The van der Waals surface area contributed by atoms with Crippen molar-refractivity contribution in [3.8, 4) is 0 Å². The van der Waals surface area contributed by atoms with Crippen LogP contribution >= 0.6 is 0 Å². The second kappa shape index (κ2) is 7.27. The largest absolute Gasteiger partial charge is 0.444 e. The lowest BCUT2D eigenvalue weighted by Gasteiger charge is -2.31. The summed E-state index contributed by atoms with van der Waals surface area (Å²) < 4.78 is 11.0. The van der Waals surface area contributed by atoms with Crippen LogP contribution in [0.5, 0.6) is 0 Å². The molecule has 0 radical (unpaired) electrons. The Balaban J connectivity index is 1.67. The number of rotatable bonds is 5. The number of hydrogen-bond acceptors (Lipinski definition) is 4. The molecule has 2 fully saturated rings. The Morgan fingerprint density at radius 2 is 2.05 bits per heavy atom. The van der Waals surface area contributed by atoms with Crippen molar-refractivity contribution in [1.82, 2.24) is 10.6 Å². The molecule has 116 valence electrons. The van der Waals surface area contributed by atoms with Gasteiger partial charge in [-0.3, -0.25) is 0 Å². The van der Waals surface area contributed by atoms with Gasteiger partial charge in [0.25, 0.3) is 0 Å². The van der Waals surface area contributed by atoms with Gasteiger partial charge in [-0.25, -0.2) is 4.79 Å². The molecule has 0 spiro atoms. The highest BCUT2D eigenvalue weighted by atomic mass is 16.6. The van der Waals surface area contributed by atoms with Crippen LogP contribution < -0.4 is 10.6 Å². The number of carbonyl (C=O) groups excluding carboxylic acids is 1. The summed E-state index contributed by atoms with van der Waals surface area (Å²) in [5.41, 5.74) is -0.403. The Kier molecular flexibility index (Phi) is 5.66. The maximum absolute atomic E-state index is 11.9. The molecule has 2 heterocycles. The van der Waals surface area contributed by atoms with E-state index < -0.39 is 5.60 Å². The van der Waals surface area contributed by atoms with E-state index in [1.807, 2.05) is 13.8 Å².